The smallest absolute Gasteiger partial charge is 0.126 e. The molecule has 1 rings (SSSR count). The molecule has 1 aromatic carbocycles. The van der Waals surface area contributed by atoms with Crippen LogP contribution in [-0.4, -0.2) is 0 Å². The molecule has 0 aliphatic carbocycles. The Bertz CT molecular complexity index is 363. The first-order chi connectivity index (χ1) is 7.13. The fourth-order valence-electron chi connectivity index (χ4n) is 1.22. The summed E-state index contributed by atoms with van der Waals surface area (Å²) in [5.41, 5.74) is 0.792. The lowest BCUT2D eigenvalue weighted by Crippen LogP contribution is -1.89. The highest BCUT2D eigenvalue weighted by molar-refractivity contribution is 5.57. The molecule has 0 atom stereocenters. The first-order valence-electron chi connectivity index (χ1n) is 4.93. The number of allylic oxidation sites excluding steroid dienone is 2. The standard InChI is InChI=1S/C13H15FO/c1-4-5-10(2)15-11(3)12-6-8-13(14)9-7-12/h5-9H,3-4H2,1-2H3/b10-5+. The Morgan fingerprint density at radius 2 is 2.00 bits per heavy atom. The minimum Gasteiger partial charge on any atom is -0.462 e. The normalized spacial score (nSPS) is 11.3. The Hall–Kier alpha value is -1.57. The molecule has 0 radical (unpaired) electrons. The zero-order valence-corrected chi connectivity index (χ0v) is 9.09. The van der Waals surface area contributed by atoms with Gasteiger partial charge in [0.2, 0.25) is 0 Å². The summed E-state index contributed by atoms with van der Waals surface area (Å²) >= 11 is 0. The summed E-state index contributed by atoms with van der Waals surface area (Å²) in [4.78, 5) is 0. The molecule has 0 saturated carbocycles. The summed E-state index contributed by atoms with van der Waals surface area (Å²) in [6.07, 6.45) is 2.89. The van der Waals surface area contributed by atoms with Crippen LogP contribution in [0, 0.1) is 5.82 Å². The molecular weight excluding hydrogens is 191 g/mol. The van der Waals surface area contributed by atoms with Gasteiger partial charge in [-0.05, 0) is 43.7 Å². The van der Waals surface area contributed by atoms with E-state index in [4.69, 9.17) is 4.74 Å². The van der Waals surface area contributed by atoms with E-state index in [-0.39, 0.29) is 5.82 Å². The van der Waals surface area contributed by atoms with Crippen LogP contribution in [0.3, 0.4) is 0 Å². The van der Waals surface area contributed by atoms with Crippen molar-refractivity contribution in [3.05, 3.63) is 54.1 Å². The molecule has 0 unspecified atom stereocenters. The van der Waals surface area contributed by atoms with Crippen molar-refractivity contribution in [2.24, 2.45) is 0 Å². The summed E-state index contributed by atoms with van der Waals surface area (Å²) in [5, 5.41) is 0. The van der Waals surface area contributed by atoms with Gasteiger partial charge < -0.3 is 4.74 Å². The minimum atomic E-state index is -0.257. The van der Waals surface area contributed by atoms with Crippen molar-refractivity contribution in [3.8, 4) is 0 Å². The highest BCUT2D eigenvalue weighted by Gasteiger charge is 2.00. The van der Waals surface area contributed by atoms with Gasteiger partial charge in [0.1, 0.15) is 11.6 Å². The lowest BCUT2D eigenvalue weighted by Gasteiger charge is -2.08. The predicted octanol–water partition coefficient (Wildman–Crippen LogP) is 4.13. The van der Waals surface area contributed by atoms with Gasteiger partial charge in [0, 0.05) is 5.56 Å². The molecule has 0 bridgehead atoms. The third-order valence-corrected chi connectivity index (χ3v) is 1.94. The molecule has 0 aliphatic heterocycles. The van der Waals surface area contributed by atoms with Crippen LogP contribution in [0.5, 0.6) is 0 Å². The molecule has 2 heteroatoms. The van der Waals surface area contributed by atoms with Gasteiger partial charge in [0.25, 0.3) is 0 Å². The van der Waals surface area contributed by atoms with Crippen LogP contribution in [0.4, 0.5) is 4.39 Å². The fourth-order valence-corrected chi connectivity index (χ4v) is 1.22. The number of hydrogen-bond acceptors (Lipinski definition) is 1. The van der Waals surface area contributed by atoms with Gasteiger partial charge in [0.15, 0.2) is 0 Å². The van der Waals surface area contributed by atoms with Gasteiger partial charge in [-0.15, -0.1) is 0 Å². The van der Waals surface area contributed by atoms with Crippen molar-refractivity contribution >= 4 is 5.76 Å². The molecule has 0 saturated heterocycles. The number of rotatable bonds is 4. The van der Waals surface area contributed by atoms with Crippen LogP contribution in [0.1, 0.15) is 25.8 Å². The Morgan fingerprint density at radius 3 is 2.53 bits per heavy atom. The first kappa shape index (κ1) is 11.5. The van der Waals surface area contributed by atoms with Crippen molar-refractivity contribution in [2.75, 3.05) is 0 Å². The molecule has 0 fully saturated rings. The second-order valence-corrected chi connectivity index (χ2v) is 3.26. The van der Waals surface area contributed by atoms with Crippen LogP contribution in [0.25, 0.3) is 5.76 Å². The Kier molecular flexibility index (Phi) is 4.10. The Morgan fingerprint density at radius 1 is 1.40 bits per heavy atom. The fraction of sp³-hybridized carbons (Fsp3) is 0.231. The van der Waals surface area contributed by atoms with E-state index in [1.54, 1.807) is 12.1 Å². The van der Waals surface area contributed by atoms with Crippen molar-refractivity contribution < 1.29 is 9.13 Å². The average Bonchev–Trinajstić information content (AvgIpc) is 2.18. The molecule has 0 spiro atoms. The van der Waals surface area contributed by atoms with E-state index in [2.05, 4.69) is 6.58 Å². The molecule has 15 heavy (non-hydrogen) atoms. The van der Waals surface area contributed by atoms with E-state index in [0.717, 1.165) is 17.7 Å². The monoisotopic (exact) mass is 206 g/mol. The first-order valence-corrected chi connectivity index (χ1v) is 4.93. The van der Waals surface area contributed by atoms with Crippen molar-refractivity contribution in [2.45, 2.75) is 20.3 Å². The summed E-state index contributed by atoms with van der Waals surface area (Å²) in [7, 11) is 0. The van der Waals surface area contributed by atoms with Crippen LogP contribution < -0.4 is 0 Å². The molecule has 0 N–H and O–H groups in total. The lowest BCUT2D eigenvalue weighted by molar-refractivity contribution is 0.384. The summed E-state index contributed by atoms with van der Waals surface area (Å²) in [6.45, 7) is 7.70. The molecule has 0 aliphatic rings. The second kappa shape index (κ2) is 5.35. The van der Waals surface area contributed by atoms with Crippen molar-refractivity contribution in [1.82, 2.24) is 0 Å². The SMILES string of the molecule is C=C(O/C(C)=C/CC)c1ccc(F)cc1. The average molecular weight is 206 g/mol. The van der Waals surface area contributed by atoms with Crippen LogP contribution in [-0.2, 0) is 4.74 Å². The van der Waals surface area contributed by atoms with E-state index in [1.165, 1.54) is 12.1 Å². The van der Waals surface area contributed by atoms with E-state index in [0.29, 0.717) is 5.76 Å². The zero-order valence-electron chi connectivity index (χ0n) is 9.09. The largest absolute Gasteiger partial charge is 0.462 e. The quantitative estimate of drug-likeness (QED) is 0.673. The zero-order chi connectivity index (χ0) is 11.3. The van der Waals surface area contributed by atoms with Gasteiger partial charge in [-0.1, -0.05) is 13.5 Å². The molecule has 1 nitrogen and oxygen atoms in total. The maximum atomic E-state index is 12.7. The van der Waals surface area contributed by atoms with Gasteiger partial charge in [-0.2, -0.15) is 0 Å². The van der Waals surface area contributed by atoms with E-state index in [1.807, 2.05) is 19.9 Å². The maximum absolute atomic E-state index is 12.7. The number of hydrogen-bond donors (Lipinski definition) is 0. The van der Waals surface area contributed by atoms with Crippen LogP contribution >= 0.6 is 0 Å². The third kappa shape index (κ3) is 3.58. The number of halogens is 1. The maximum Gasteiger partial charge on any atom is 0.126 e. The molecule has 0 amide bonds. The molecule has 0 aromatic heterocycles. The van der Waals surface area contributed by atoms with Crippen molar-refractivity contribution in [3.63, 3.8) is 0 Å². The van der Waals surface area contributed by atoms with E-state index < -0.39 is 0 Å². The van der Waals surface area contributed by atoms with Gasteiger partial charge >= 0.3 is 0 Å². The number of ether oxygens (including phenoxy) is 1. The predicted molar refractivity (Wildman–Crippen MR) is 60.6 cm³/mol. The van der Waals surface area contributed by atoms with E-state index in [9.17, 15) is 4.39 Å². The van der Waals surface area contributed by atoms with Gasteiger partial charge in [-0.25, -0.2) is 4.39 Å². The molecular formula is C13H15FO. The lowest BCUT2D eigenvalue weighted by atomic mass is 10.2. The molecule has 80 valence electrons. The van der Waals surface area contributed by atoms with Gasteiger partial charge in [-0.3, -0.25) is 0 Å². The Balaban J connectivity index is 2.69. The van der Waals surface area contributed by atoms with Gasteiger partial charge in [0.05, 0.1) is 5.76 Å². The van der Waals surface area contributed by atoms with Crippen LogP contribution in [0.15, 0.2) is 42.7 Å². The minimum absolute atomic E-state index is 0.257. The third-order valence-electron chi connectivity index (χ3n) is 1.94. The summed E-state index contributed by atoms with van der Waals surface area (Å²) < 4.78 is 18.1. The second-order valence-electron chi connectivity index (χ2n) is 3.26. The van der Waals surface area contributed by atoms with Crippen LogP contribution in [0.2, 0.25) is 0 Å². The highest BCUT2D eigenvalue weighted by Crippen LogP contribution is 2.17. The number of benzene rings is 1. The summed E-state index contributed by atoms with van der Waals surface area (Å²) in [5.74, 6) is 1.09. The molecule has 0 heterocycles. The summed E-state index contributed by atoms with van der Waals surface area (Å²) in [6, 6.07) is 6.08. The molecule has 1 aromatic rings. The Labute approximate surface area is 89.9 Å². The van der Waals surface area contributed by atoms with E-state index >= 15 is 0 Å². The van der Waals surface area contributed by atoms with Crippen molar-refractivity contribution in [1.29, 1.82) is 0 Å². The highest BCUT2D eigenvalue weighted by atomic mass is 19.1. The topological polar surface area (TPSA) is 9.23 Å².